The fourth-order valence-corrected chi connectivity index (χ4v) is 0.992. The Balaban J connectivity index is 2.70. The number of hydrogen-bond acceptors (Lipinski definition) is 2. The summed E-state index contributed by atoms with van der Waals surface area (Å²) in [6.07, 6.45) is 0. The van der Waals surface area contributed by atoms with Crippen LogP contribution in [0.25, 0.3) is 0 Å². The van der Waals surface area contributed by atoms with Gasteiger partial charge in [0.25, 0.3) is 5.91 Å². The van der Waals surface area contributed by atoms with Crippen LogP contribution in [0, 0.1) is 12.7 Å². The number of benzene rings is 1. The second kappa shape index (κ2) is 4.61. The van der Waals surface area contributed by atoms with Crippen LogP contribution in [-0.2, 0) is 4.84 Å². The monoisotopic (exact) mass is 225 g/mol. The van der Waals surface area contributed by atoms with Crippen molar-refractivity contribution in [2.75, 3.05) is 0 Å². The molecular weight excluding hydrogens is 209 g/mol. The number of hydrogen-bond donors (Lipinski definition) is 1. The molecule has 0 heterocycles. The van der Waals surface area contributed by atoms with E-state index >= 15 is 0 Å². The van der Waals surface area contributed by atoms with Crippen LogP contribution in [-0.4, -0.2) is 11.5 Å². The topological polar surface area (TPSA) is 38.3 Å². The Labute approximate surface area is 94.6 Å². The Morgan fingerprint density at radius 2 is 2.00 bits per heavy atom. The third-order valence-electron chi connectivity index (χ3n) is 1.88. The van der Waals surface area contributed by atoms with Crippen LogP contribution in [0.1, 0.15) is 36.7 Å². The number of halogens is 1. The number of amides is 1. The average molecular weight is 225 g/mol. The Morgan fingerprint density at radius 3 is 2.50 bits per heavy atom. The molecule has 0 saturated heterocycles. The fourth-order valence-electron chi connectivity index (χ4n) is 0.992. The van der Waals surface area contributed by atoms with Crippen LogP contribution in [0.2, 0.25) is 0 Å². The van der Waals surface area contributed by atoms with Gasteiger partial charge in [-0.1, -0.05) is 6.07 Å². The van der Waals surface area contributed by atoms with Crippen molar-refractivity contribution in [3.05, 3.63) is 35.1 Å². The molecule has 0 aliphatic heterocycles. The Hall–Kier alpha value is -1.42. The summed E-state index contributed by atoms with van der Waals surface area (Å²) in [5, 5.41) is 0. The molecule has 1 aromatic rings. The zero-order valence-electron chi connectivity index (χ0n) is 9.93. The van der Waals surface area contributed by atoms with E-state index in [1.165, 1.54) is 6.07 Å². The highest BCUT2D eigenvalue weighted by molar-refractivity contribution is 5.93. The predicted octanol–water partition coefficient (Wildman–Crippen LogP) is 2.59. The third-order valence-corrected chi connectivity index (χ3v) is 1.88. The summed E-state index contributed by atoms with van der Waals surface area (Å²) in [4.78, 5) is 16.6. The molecule has 0 bridgehead atoms. The fraction of sp³-hybridized carbons (Fsp3) is 0.417. The zero-order chi connectivity index (χ0) is 12.3. The summed E-state index contributed by atoms with van der Waals surface area (Å²) < 4.78 is 13.2. The highest BCUT2D eigenvalue weighted by Crippen LogP contribution is 2.10. The summed E-state index contributed by atoms with van der Waals surface area (Å²) in [7, 11) is 0. The molecule has 1 aromatic carbocycles. The van der Waals surface area contributed by atoms with Crippen LogP contribution < -0.4 is 5.48 Å². The lowest BCUT2D eigenvalue weighted by molar-refractivity contribution is -0.0589. The molecule has 4 heteroatoms. The first-order valence-corrected chi connectivity index (χ1v) is 5.04. The molecule has 0 fully saturated rings. The smallest absolute Gasteiger partial charge is 0.268 e. The maximum Gasteiger partial charge on any atom is 0.274 e. The lowest BCUT2D eigenvalue weighted by Crippen LogP contribution is -2.33. The molecule has 0 unspecified atom stereocenters. The van der Waals surface area contributed by atoms with E-state index < -0.39 is 17.3 Å². The summed E-state index contributed by atoms with van der Waals surface area (Å²) >= 11 is 0. The molecule has 1 N–H and O–H groups in total. The Kier molecular flexibility index (Phi) is 3.65. The van der Waals surface area contributed by atoms with Gasteiger partial charge in [-0.3, -0.25) is 9.63 Å². The number of carbonyl (C=O) groups is 1. The summed E-state index contributed by atoms with van der Waals surface area (Å²) in [6, 6.07) is 4.30. The second-order valence-electron chi connectivity index (χ2n) is 4.61. The molecule has 16 heavy (non-hydrogen) atoms. The van der Waals surface area contributed by atoms with Gasteiger partial charge in [0.2, 0.25) is 0 Å². The zero-order valence-corrected chi connectivity index (χ0v) is 9.93. The van der Waals surface area contributed by atoms with Crippen molar-refractivity contribution in [1.29, 1.82) is 0 Å². The number of rotatable bonds is 2. The van der Waals surface area contributed by atoms with E-state index in [1.54, 1.807) is 19.1 Å². The third kappa shape index (κ3) is 3.62. The average Bonchev–Trinajstić information content (AvgIpc) is 2.17. The minimum Gasteiger partial charge on any atom is -0.268 e. The van der Waals surface area contributed by atoms with E-state index in [1.807, 2.05) is 20.8 Å². The standard InChI is InChI=1S/C12H16FNO2/c1-8-5-6-9(7-10(8)13)11(15)14-16-12(2,3)4/h5-7H,1-4H3,(H,14,15). The number of nitrogens with one attached hydrogen (secondary N) is 1. The van der Waals surface area contributed by atoms with Gasteiger partial charge in [0, 0.05) is 5.56 Å². The van der Waals surface area contributed by atoms with Crippen molar-refractivity contribution in [2.24, 2.45) is 0 Å². The van der Waals surface area contributed by atoms with Gasteiger partial charge in [0.05, 0.1) is 5.60 Å². The minimum atomic E-state index is -0.473. The van der Waals surface area contributed by atoms with Crippen molar-refractivity contribution < 1.29 is 14.0 Å². The molecule has 0 aliphatic carbocycles. The van der Waals surface area contributed by atoms with Crippen LogP contribution in [0.5, 0.6) is 0 Å². The van der Waals surface area contributed by atoms with Gasteiger partial charge in [0.15, 0.2) is 0 Å². The normalized spacial score (nSPS) is 11.3. The first-order chi connectivity index (χ1) is 7.29. The van der Waals surface area contributed by atoms with Gasteiger partial charge < -0.3 is 0 Å². The summed E-state index contributed by atoms with van der Waals surface area (Å²) in [6.45, 7) is 7.07. The van der Waals surface area contributed by atoms with Gasteiger partial charge in [-0.05, 0) is 45.4 Å². The maximum absolute atomic E-state index is 13.2. The van der Waals surface area contributed by atoms with Gasteiger partial charge in [-0.15, -0.1) is 0 Å². The van der Waals surface area contributed by atoms with Gasteiger partial charge in [-0.2, -0.15) is 0 Å². The maximum atomic E-state index is 13.2. The molecule has 0 aliphatic rings. The molecule has 88 valence electrons. The van der Waals surface area contributed by atoms with Crippen LogP contribution in [0.15, 0.2) is 18.2 Å². The first-order valence-electron chi connectivity index (χ1n) is 5.04. The number of carbonyl (C=O) groups excluding carboxylic acids is 1. The van der Waals surface area contributed by atoms with E-state index in [2.05, 4.69) is 5.48 Å². The van der Waals surface area contributed by atoms with E-state index in [9.17, 15) is 9.18 Å². The van der Waals surface area contributed by atoms with E-state index in [-0.39, 0.29) is 5.56 Å². The van der Waals surface area contributed by atoms with Crippen molar-refractivity contribution in [1.82, 2.24) is 5.48 Å². The summed E-state index contributed by atoms with van der Waals surface area (Å²) in [5.74, 6) is -0.850. The molecular formula is C12H16FNO2. The van der Waals surface area contributed by atoms with Gasteiger partial charge in [-0.25, -0.2) is 9.87 Å². The van der Waals surface area contributed by atoms with Gasteiger partial charge >= 0.3 is 0 Å². The van der Waals surface area contributed by atoms with Crippen LogP contribution in [0.4, 0.5) is 4.39 Å². The Bertz CT molecular complexity index is 396. The highest BCUT2D eigenvalue weighted by atomic mass is 19.1. The molecule has 0 aromatic heterocycles. The molecule has 0 spiro atoms. The SMILES string of the molecule is Cc1ccc(C(=O)NOC(C)(C)C)cc1F. The number of hydroxylamine groups is 1. The predicted molar refractivity (Wildman–Crippen MR) is 59.4 cm³/mol. The van der Waals surface area contributed by atoms with Crippen molar-refractivity contribution >= 4 is 5.91 Å². The first kappa shape index (κ1) is 12.6. The Morgan fingerprint density at radius 1 is 1.38 bits per heavy atom. The lowest BCUT2D eigenvalue weighted by atomic mass is 10.1. The lowest BCUT2D eigenvalue weighted by Gasteiger charge is -2.18. The quantitative estimate of drug-likeness (QED) is 0.786. The van der Waals surface area contributed by atoms with E-state index in [4.69, 9.17) is 4.84 Å². The minimum absolute atomic E-state index is 0.243. The molecule has 0 saturated carbocycles. The van der Waals surface area contributed by atoms with Crippen molar-refractivity contribution in [2.45, 2.75) is 33.3 Å². The highest BCUT2D eigenvalue weighted by Gasteiger charge is 2.14. The van der Waals surface area contributed by atoms with E-state index in [0.717, 1.165) is 0 Å². The van der Waals surface area contributed by atoms with E-state index in [0.29, 0.717) is 5.56 Å². The van der Waals surface area contributed by atoms with Gasteiger partial charge in [0.1, 0.15) is 5.82 Å². The largest absolute Gasteiger partial charge is 0.274 e. The molecule has 0 atom stereocenters. The van der Waals surface area contributed by atoms with Crippen LogP contribution >= 0.6 is 0 Å². The number of aryl methyl sites for hydroxylation is 1. The molecule has 3 nitrogen and oxygen atoms in total. The van der Waals surface area contributed by atoms with Crippen LogP contribution in [0.3, 0.4) is 0 Å². The van der Waals surface area contributed by atoms with Crippen molar-refractivity contribution in [3.63, 3.8) is 0 Å². The second-order valence-corrected chi connectivity index (χ2v) is 4.61. The molecule has 1 amide bonds. The summed E-state index contributed by atoms with van der Waals surface area (Å²) in [5.41, 5.74) is 2.56. The van der Waals surface area contributed by atoms with Crippen molar-refractivity contribution in [3.8, 4) is 0 Å². The molecule has 0 radical (unpaired) electrons. The molecule has 1 rings (SSSR count).